The molecule has 2 N–H and O–H groups in total. The molecule has 1 saturated heterocycles. The van der Waals surface area contributed by atoms with Crippen LogP contribution in [-0.4, -0.2) is 50.6 Å². The maximum atomic E-state index is 11.7. The first-order valence-corrected chi connectivity index (χ1v) is 7.88. The lowest BCUT2D eigenvalue weighted by Crippen LogP contribution is -2.34. The van der Waals surface area contributed by atoms with Crippen molar-refractivity contribution in [3.05, 3.63) is 0 Å². The Kier molecular flexibility index (Phi) is 16.5. The first-order chi connectivity index (χ1) is 9.22. The second kappa shape index (κ2) is 14.9. The summed E-state index contributed by atoms with van der Waals surface area (Å²) in [4.78, 5) is 14.0. The van der Waals surface area contributed by atoms with E-state index in [4.69, 9.17) is 0 Å². The molecule has 0 saturated carbocycles. The molecule has 1 aliphatic rings. The molecule has 0 aliphatic carbocycles. The van der Waals surface area contributed by atoms with Crippen LogP contribution in [0.25, 0.3) is 0 Å². The van der Waals surface area contributed by atoms with Crippen molar-refractivity contribution in [3.63, 3.8) is 0 Å². The van der Waals surface area contributed by atoms with Crippen LogP contribution in [0.15, 0.2) is 0 Å². The van der Waals surface area contributed by atoms with E-state index in [1.165, 1.54) is 25.7 Å². The zero-order valence-corrected chi connectivity index (χ0v) is 15.2. The summed E-state index contributed by atoms with van der Waals surface area (Å²) in [5.41, 5.74) is 0. The van der Waals surface area contributed by atoms with Crippen molar-refractivity contribution >= 4 is 30.7 Å². The summed E-state index contributed by atoms with van der Waals surface area (Å²) in [6, 6.07) is 0. The van der Waals surface area contributed by atoms with Crippen LogP contribution < -0.4 is 10.6 Å². The van der Waals surface area contributed by atoms with Gasteiger partial charge in [-0.15, -0.1) is 24.8 Å². The summed E-state index contributed by atoms with van der Waals surface area (Å²) in [6.07, 6.45) is 6.68. The average molecular weight is 342 g/mol. The van der Waals surface area contributed by atoms with Gasteiger partial charge in [-0.2, -0.15) is 0 Å². The number of unbranched alkanes of at least 4 members (excludes halogenated alkanes) is 1. The minimum absolute atomic E-state index is 0. The normalized spacial score (nSPS) is 15.2. The molecule has 0 bridgehead atoms. The highest BCUT2D eigenvalue weighted by molar-refractivity contribution is 5.85. The summed E-state index contributed by atoms with van der Waals surface area (Å²) in [5.74, 6) is 0.974. The lowest BCUT2D eigenvalue weighted by atomic mass is 9.93. The third kappa shape index (κ3) is 12.2. The molecule has 128 valence electrons. The molecular formula is C15H33Cl2N3O. The Morgan fingerprint density at radius 2 is 1.90 bits per heavy atom. The molecule has 0 unspecified atom stereocenters. The van der Waals surface area contributed by atoms with Crippen LogP contribution in [0.4, 0.5) is 0 Å². The number of likely N-dealkylation sites (N-methyl/N-ethyl adjacent to an activating group) is 1. The lowest BCUT2D eigenvalue weighted by Gasteiger charge is -2.22. The Labute approximate surface area is 142 Å². The minimum atomic E-state index is 0. The molecule has 0 aromatic heterocycles. The van der Waals surface area contributed by atoms with E-state index in [-0.39, 0.29) is 30.7 Å². The van der Waals surface area contributed by atoms with Crippen molar-refractivity contribution in [2.45, 2.75) is 45.4 Å². The number of carbonyl (C=O) groups excluding carboxylic acids is 1. The van der Waals surface area contributed by atoms with Gasteiger partial charge in [-0.25, -0.2) is 0 Å². The van der Waals surface area contributed by atoms with Crippen LogP contribution in [-0.2, 0) is 4.79 Å². The van der Waals surface area contributed by atoms with E-state index in [0.29, 0.717) is 6.42 Å². The molecule has 0 radical (unpaired) electrons. The van der Waals surface area contributed by atoms with E-state index in [0.717, 1.165) is 45.1 Å². The fourth-order valence-electron chi connectivity index (χ4n) is 2.52. The quantitative estimate of drug-likeness (QED) is 0.677. The fourth-order valence-corrected chi connectivity index (χ4v) is 2.52. The number of hydrogen-bond acceptors (Lipinski definition) is 3. The molecular weight excluding hydrogens is 309 g/mol. The van der Waals surface area contributed by atoms with E-state index < -0.39 is 0 Å². The summed E-state index contributed by atoms with van der Waals surface area (Å²) < 4.78 is 0. The molecule has 0 aromatic rings. The van der Waals surface area contributed by atoms with Gasteiger partial charge >= 0.3 is 0 Å². The molecule has 6 heteroatoms. The van der Waals surface area contributed by atoms with Crippen molar-refractivity contribution in [1.29, 1.82) is 0 Å². The van der Waals surface area contributed by atoms with Crippen LogP contribution >= 0.6 is 24.8 Å². The van der Waals surface area contributed by atoms with Crippen molar-refractivity contribution in [1.82, 2.24) is 15.5 Å². The highest BCUT2D eigenvalue weighted by Gasteiger charge is 2.14. The summed E-state index contributed by atoms with van der Waals surface area (Å²) >= 11 is 0. The van der Waals surface area contributed by atoms with Gasteiger partial charge in [-0.05, 0) is 58.3 Å². The van der Waals surface area contributed by atoms with Gasteiger partial charge in [0, 0.05) is 19.5 Å². The fraction of sp³-hybridized carbons (Fsp3) is 0.933. The van der Waals surface area contributed by atoms with E-state index in [9.17, 15) is 4.79 Å². The molecule has 0 atom stereocenters. The highest BCUT2D eigenvalue weighted by atomic mass is 35.5. The molecule has 21 heavy (non-hydrogen) atoms. The van der Waals surface area contributed by atoms with Gasteiger partial charge in [0.1, 0.15) is 0 Å². The van der Waals surface area contributed by atoms with Crippen molar-refractivity contribution in [2.24, 2.45) is 5.92 Å². The first-order valence-electron chi connectivity index (χ1n) is 7.88. The van der Waals surface area contributed by atoms with E-state index in [1.54, 1.807) is 0 Å². The Morgan fingerprint density at radius 3 is 2.52 bits per heavy atom. The van der Waals surface area contributed by atoms with Crippen molar-refractivity contribution in [2.75, 3.05) is 39.8 Å². The van der Waals surface area contributed by atoms with Crippen LogP contribution in [0.5, 0.6) is 0 Å². The molecule has 1 fully saturated rings. The maximum absolute atomic E-state index is 11.7. The van der Waals surface area contributed by atoms with Gasteiger partial charge < -0.3 is 15.5 Å². The second-order valence-corrected chi connectivity index (χ2v) is 5.74. The lowest BCUT2D eigenvalue weighted by molar-refractivity contribution is -0.121. The van der Waals surface area contributed by atoms with Gasteiger partial charge in [0.25, 0.3) is 0 Å². The predicted octanol–water partition coefficient (Wildman–Crippen LogP) is 2.46. The van der Waals surface area contributed by atoms with Gasteiger partial charge in [0.15, 0.2) is 0 Å². The number of piperidine rings is 1. The minimum Gasteiger partial charge on any atom is -0.355 e. The maximum Gasteiger partial charge on any atom is 0.220 e. The molecule has 1 aliphatic heterocycles. The third-order valence-electron chi connectivity index (χ3n) is 3.95. The summed E-state index contributed by atoms with van der Waals surface area (Å²) in [6.45, 7) is 7.31. The Balaban J connectivity index is 0. The van der Waals surface area contributed by atoms with Crippen LogP contribution in [0.3, 0.4) is 0 Å². The van der Waals surface area contributed by atoms with Crippen molar-refractivity contribution in [3.8, 4) is 0 Å². The number of carbonyl (C=O) groups is 1. The topological polar surface area (TPSA) is 44.4 Å². The number of halogens is 2. The Bertz CT molecular complexity index is 249. The standard InChI is InChI=1S/C15H31N3O.2ClH/c1-3-4-12-18(2)13-11-17-15(19)6-5-14-7-9-16-10-8-14;;/h14,16H,3-13H2,1-2H3,(H,17,19);2*1H. The van der Waals surface area contributed by atoms with Gasteiger partial charge in [-0.3, -0.25) is 4.79 Å². The van der Waals surface area contributed by atoms with Crippen LogP contribution in [0.2, 0.25) is 0 Å². The van der Waals surface area contributed by atoms with Crippen molar-refractivity contribution < 1.29 is 4.79 Å². The van der Waals surface area contributed by atoms with Crippen LogP contribution in [0.1, 0.15) is 45.4 Å². The SMILES string of the molecule is CCCCN(C)CCNC(=O)CCC1CCNCC1.Cl.Cl. The Morgan fingerprint density at radius 1 is 1.24 bits per heavy atom. The zero-order valence-electron chi connectivity index (χ0n) is 13.5. The average Bonchev–Trinajstić information content (AvgIpc) is 2.44. The smallest absolute Gasteiger partial charge is 0.220 e. The van der Waals surface area contributed by atoms with E-state index in [2.05, 4.69) is 29.5 Å². The second-order valence-electron chi connectivity index (χ2n) is 5.74. The monoisotopic (exact) mass is 341 g/mol. The molecule has 4 nitrogen and oxygen atoms in total. The highest BCUT2D eigenvalue weighted by Crippen LogP contribution is 2.17. The number of nitrogens with one attached hydrogen (secondary N) is 2. The van der Waals surface area contributed by atoms with Gasteiger partial charge in [-0.1, -0.05) is 13.3 Å². The summed E-state index contributed by atoms with van der Waals surface area (Å²) in [7, 11) is 2.12. The predicted molar refractivity (Wildman–Crippen MR) is 94.7 cm³/mol. The molecule has 1 heterocycles. The van der Waals surface area contributed by atoms with Gasteiger partial charge in [0.2, 0.25) is 5.91 Å². The number of rotatable bonds is 9. The molecule has 0 aromatic carbocycles. The number of nitrogens with zero attached hydrogens (tertiary/aromatic N) is 1. The molecule has 1 amide bonds. The molecule has 1 rings (SSSR count). The first kappa shape index (κ1) is 23.2. The Hall–Kier alpha value is -0.0300. The van der Waals surface area contributed by atoms with Crippen LogP contribution in [0, 0.1) is 5.92 Å². The molecule has 0 spiro atoms. The van der Waals surface area contributed by atoms with E-state index >= 15 is 0 Å². The summed E-state index contributed by atoms with van der Waals surface area (Å²) in [5, 5.41) is 6.39. The zero-order chi connectivity index (χ0) is 13.9. The third-order valence-corrected chi connectivity index (χ3v) is 3.95. The number of amides is 1. The van der Waals surface area contributed by atoms with Gasteiger partial charge in [0.05, 0.1) is 0 Å². The number of hydrogen-bond donors (Lipinski definition) is 2. The van der Waals surface area contributed by atoms with E-state index in [1.807, 2.05) is 0 Å². The largest absolute Gasteiger partial charge is 0.355 e.